The molecule has 0 aromatic heterocycles. The van der Waals surface area contributed by atoms with Crippen molar-refractivity contribution in [3.63, 3.8) is 0 Å². The topological polar surface area (TPSA) is 47.9 Å². The lowest BCUT2D eigenvalue weighted by molar-refractivity contribution is -0.150. The second-order valence-corrected chi connectivity index (χ2v) is 10.0. The summed E-state index contributed by atoms with van der Waals surface area (Å²) in [5, 5.41) is 0. The van der Waals surface area contributed by atoms with Gasteiger partial charge in [0, 0.05) is 37.5 Å². The fraction of sp³-hybridized carbons (Fsp3) is 0.562. The van der Waals surface area contributed by atoms with Crippen molar-refractivity contribution in [1.29, 1.82) is 0 Å². The van der Waals surface area contributed by atoms with Crippen LogP contribution in [0.1, 0.15) is 77.3 Å². The van der Waals surface area contributed by atoms with E-state index in [0.29, 0.717) is 25.0 Å². The average molecular weight is 494 g/mol. The first kappa shape index (κ1) is 29.8. The summed E-state index contributed by atoms with van der Waals surface area (Å²) in [4.78, 5) is 15.9. The molecule has 0 saturated heterocycles. The number of esters is 1. The highest BCUT2D eigenvalue weighted by molar-refractivity contribution is 6.00. The van der Waals surface area contributed by atoms with E-state index in [4.69, 9.17) is 9.47 Å². The molecule has 0 N–H and O–H groups in total. The molecule has 1 aromatic carbocycles. The molecule has 4 nitrogen and oxygen atoms in total. The first-order chi connectivity index (χ1) is 17.3. The fourth-order valence-corrected chi connectivity index (χ4v) is 4.59. The minimum absolute atomic E-state index is 0.00574. The molecule has 4 rings (SSSR count). The van der Waals surface area contributed by atoms with E-state index in [1.54, 1.807) is 0 Å². The maximum Gasteiger partial charge on any atom is 0.308 e. The van der Waals surface area contributed by atoms with Crippen molar-refractivity contribution in [2.45, 2.75) is 80.1 Å². The van der Waals surface area contributed by atoms with Crippen LogP contribution in [-0.2, 0) is 14.3 Å². The monoisotopic (exact) mass is 493 g/mol. The molecule has 1 fully saturated rings. The predicted octanol–water partition coefficient (Wildman–Crippen LogP) is 7.95. The van der Waals surface area contributed by atoms with E-state index in [1.165, 1.54) is 47.2 Å². The Hall–Kier alpha value is -2.46. The van der Waals surface area contributed by atoms with Crippen molar-refractivity contribution in [1.82, 2.24) is 0 Å². The molecule has 0 spiro atoms. The van der Waals surface area contributed by atoms with E-state index >= 15 is 0 Å². The number of aliphatic imine (C=N–C) groups is 1. The van der Waals surface area contributed by atoms with Crippen LogP contribution in [0.4, 0.5) is 0 Å². The number of carbonyl (C=O) groups is 1. The van der Waals surface area contributed by atoms with Gasteiger partial charge in [-0.1, -0.05) is 74.3 Å². The van der Waals surface area contributed by atoms with Gasteiger partial charge in [0.15, 0.2) is 0 Å². The number of allylic oxidation sites excluding steroid dienone is 5. The van der Waals surface area contributed by atoms with E-state index in [2.05, 4.69) is 82.1 Å². The van der Waals surface area contributed by atoms with Gasteiger partial charge in [-0.15, -0.1) is 0 Å². The number of rotatable bonds is 6. The zero-order valence-electron chi connectivity index (χ0n) is 23.4. The molecule has 2 unspecified atom stereocenters. The van der Waals surface area contributed by atoms with Crippen LogP contribution >= 0.6 is 0 Å². The van der Waals surface area contributed by atoms with Gasteiger partial charge in [0.25, 0.3) is 0 Å². The normalized spacial score (nSPS) is 20.9. The lowest BCUT2D eigenvalue weighted by atomic mass is 9.77. The molecule has 2 aliphatic carbocycles. The smallest absolute Gasteiger partial charge is 0.308 e. The van der Waals surface area contributed by atoms with Crippen LogP contribution in [-0.4, -0.2) is 31.5 Å². The van der Waals surface area contributed by atoms with Gasteiger partial charge in [-0.3, -0.25) is 9.79 Å². The third-order valence-corrected chi connectivity index (χ3v) is 7.37. The molecule has 0 bridgehead atoms. The Labute approximate surface area is 219 Å². The number of aryl methyl sites for hydroxylation is 2. The SMILES string of the molecule is CC1=CC=C2C(C)=NC=CC2C1C.CCOCCCOC(=O)C1CCCCC1.Cc1ccccc1C. The molecule has 0 amide bonds. The Morgan fingerprint density at radius 3 is 2.25 bits per heavy atom. The predicted molar refractivity (Wildman–Crippen MR) is 151 cm³/mol. The first-order valence-corrected chi connectivity index (χ1v) is 13.7. The van der Waals surface area contributed by atoms with Crippen molar-refractivity contribution >= 4 is 11.7 Å². The molecule has 4 heteroatoms. The van der Waals surface area contributed by atoms with E-state index in [9.17, 15) is 4.79 Å². The molecule has 3 aliphatic rings. The number of carbonyl (C=O) groups excluding carboxylic acids is 1. The maximum absolute atomic E-state index is 11.6. The third-order valence-electron chi connectivity index (χ3n) is 7.37. The maximum atomic E-state index is 11.6. The lowest BCUT2D eigenvalue weighted by Gasteiger charge is -2.29. The molecule has 36 heavy (non-hydrogen) atoms. The van der Waals surface area contributed by atoms with Crippen molar-refractivity contribution in [3.8, 4) is 0 Å². The second kappa shape index (κ2) is 16.3. The largest absolute Gasteiger partial charge is 0.465 e. The van der Waals surface area contributed by atoms with Gasteiger partial charge in [-0.05, 0) is 70.1 Å². The first-order valence-electron chi connectivity index (χ1n) is 13.7. The Balaban J connectivity index is 0.000000198. The van der Waals surface area contributed by atoms with Crippen LogP contribution in [0.15, 0.2) is 64.8 Å². The minimum atomic E-state index is 0.00574. The second-order valence-electron chi connectivity index (χ2n) is 10.0. The zero-order valence-corrected chi connectivity index (χ0v) is 23.4. The van der Waals surface area contributed by atoms with Crippen molar-refractivity contribution in [2.75, 3.05) is 19.8 Å². The Bertz CT molecular complexity index is 913. The van der Waals surface area contributed by atoms with Crippen LogP contribution in [0, 0.1) is 31.6 Å². The van der Waals surface area contributed by atoms with E-state index in [1.807, 2.05) is 13.1 Å². The van der Waals surface area contributed by atoms with Crippen molar-refractivity contribution in [3.05, 3.63) is 71.0 Å². The summed E-state index contributed by atoms with van der Waals surface area (Å²) in [6.45, 7) is 14.7. The van der Waals surface area contributed by atoms with Gasteiger partial charge >= 0.3 is 5.97 Å². The number of nitrogens with zero attached hydrogens (tertiary/aromatic N) is 1. The number of ether oxygens (including phenoxy) is 2. The van der Waals surface area contributed by atoms with Crippen LogP contribution in [0.5, 0.6) is 0 Å². The number of hydrogen-bond acceptors (Lipinski definition) is 4. The summed E-state index contributed by atoms with van der Waals surface area (Å²) < 4.78 is 10.4. The molecular formula is C32H47NO3. The van der Waals surface area contributed by atoms with E-state index in [0.717, 1.165) is 25.9 Å². The summed E-state index contributed by atoms with van der Waals surface area (Å²) in [5.41, 5.74) is 6.76. The standard InChI is InChI=1S/C12H15N.C12H22O3.C8H10/c1-8-4-5-12-10(3)13-7-6-11(12)9(8)2;1-2-14-9-6-10-15-12(13)11-7-4-3-5-8-11;1-7-5-3-4-6-8(7)2/h4-7,9,11H,1-3H3;11H,2-10H2,1H3;3-6H,1-2H3. The quantitative estimate of drug-likeness (QED) is 0.298. The van der Waals surface area contributed by atoms with Crippen LogP contribution in [0.2, 0.25) is 0 Å². The van der Waals surface area contributed by atoms with Gasteiger partial charge < -0.3 is 9.47 Å². The highest BCUT2D eigenvalue weighted by Crippen LogP contribution is 2.34. The van der Waals surface area contributed by atoms with Crippen molar-refractivity contribution in [2.24, 2.45) is 22.7 Å². The third kappa shape index (κ3) is 9.89. The van der Waals surface area contributed by atoms with Gasteiger partial charge in [-0.25, -0.2) is 0 Å². The van der Waals surface area contributed by atoms with Crippen LogP contribution < -0.4 is 0 Å². The molecule has 1 heterocycles. The number of hydrogen-bond donors (Lipinski definition) is 0. The number of fused-ring (bicyclic) bond motifs is 1. The highest BCUT2D eigenvalue weighted by Gasteiger charge is 2.26. The molecular weight excluding hydrogens is 446 g/mol. The van der Waals surface area contributed by atoms with Gasteiger partial charge in [0.1, 0.15) is 0 Å². The highest BCUT2D eigenvalue weighted by atomic mass is 16.5. The lowest BCUT2D eigenvalue weighted by Crippen LogP contribution is -2.22. The summed E-state index contributed by atoms with van der Waals surface area (Å²) >= 11 is 0. The van der Waals surface area contributed by atoms with Gasteiger partial charge in [-0.2, -0.15) is 0 Å². The average Bonchev–Trinajstić information content (AvgIpc) is 2.89. The number of benzene rings is 1. The molecule has 1 aliphatic heterocycles. The van der Waals surface area contributed by atoms with Gasteiger partial charge in [0.2, 0.25) is 0 Å². The molecule has 2 atom stereocenters. The molecule has 0 radical (unpaired) electrons. The zero-order chi connectivity index (χ0) is 26.3. The molecule has 1 aromatic rings. The summed E-state index contributed by atoms with van der Waals surface area (Å²) in [6.07, 6.45) is 15.1. The van der Waals surface area contributed by atoms with Crippen LogP contribution in [0.3, 0.4) is 0 Å². The minimum Gasteiger partial charge on any atom is -0.465 e. The van der Waals surface area contributed by atoms with Crippen molar-refractivity contribution < 1.29 is 14.3 Å². The van der Waals surface area contributed by atoms with Crippen LogP contribution in [0.25, 0.3) is 0 Å². The van der Waals surface area contributed by atoms with E-state index < -0.39 is 0 Å². The Kier molecular flexibility index (Phi) is 13.5. The molecule has 1 saturated carbocycles. The summed E-state index contributed by atoms with van der Waals surface area (Å²) in [5.74, 6) is 1.36. The summed E-state index contributed by atoms with van der Waals surface area (Å²) in [7, 11) is 0. The fourth-order valence-electron chi connectivity index (χ4n) is 4.59. The Morgan fingerprint density at radius 2 is 1.64 bits per heavy atom. The molecule has 198 valence electrons. The Morgan fingerprint density at radius 1 is 0.972 bits per heavy atom. The van der Waals surface area contributed by atoms with Gasteiger partial charge in [0.05, 0.1) is 12.5 Å². The summed E-state index contributed by atoms with van der Waals surface area (Å²) in [6, 6.07) is 8.36. The van der Waals surface area contributed by atoms with E-state index in [-0.39, 0.29) is 11.9 Å².